The first-order valence-corrected chi connectivity index (χ1v) is 4.49. The lowest BCUT2D eigenvalue weighted by molar-refractivity contribution is 0.425. The molecule has 0 heterocycles. The Balaban J connectivity index is 3.18. The van der Waals surface area contributed by atoms with Crippen molar-refractivity contribution in [3.63, 3.8) is 0 Å². The highest BCUT2D eigenvalue weighted by atomic mass is 16.4. The molecule has 0 unspecified atom stereocenters. The van der Waals surface area contributed by atoms with Gasteiger partial charge in [-0.1, -0.05) is 32.0 Å². The van der Waals surface area contributed by atoms with E-state index < -0.39 is 7.12 Å². The molecule has 1 rings (SSSR count). The molecule has 0 aliphatic rings. The maximum atomic E-state index is 9.07. The maximum Gasteiger partial charge on any atom is 0.488 e. The van der Waals surface area contributed by atoms with Crippen molar-refractivity contribution in [2.45, 2.75) is 26.7 Å². The van der Waals surface area contributed by atoms with Crippen LogP contribution in [0.15, 0.2) is 18.2 Å². The van der Waals surface area contributed by atoms with Gasteiger partial charge in [-0.2, -0.15) is 0 Å². The summed E-state index contributed by atoms with van der Waals surface area (Å²) in [6, 6.07) is 5.62. The van der Waals surface area contributed by atoms with E-state index in [0.717, 1.165) is 5.56 Å². The molecule has 0 amide bonds. The van der Waals surface area contributed by atoms with Crippen molar-refractivity contribution in [1.82, 2.24) is 0 Å². The summed E-state index contributed by atoms with van der Waals surface area (Å²) >= 11 is 0. The molecule has 0 fully saturated rings. The molecule has 0 aromatic heterocycles. The van der Waals surface area contributed by atoms with Gasteiger partial charge < -0.3 is 10.0 Å². The van der Waals surface area contributed by atoms with Gasteiger partial charge >= 0.3 is 7.12 Å². The van der Waals surface area contributed by atoms with Gasteiger partial charge in [0.2, 0.25) is 0 Å². The third-order valence-corrected chi connectivity index (χ3v) is 2.32. The Bertz CT molecular complexity index is 269. The van der Waals surface area contributed by atoms with Crippen molar-refractivity contribution in [2.75, 3.05) is 0 Å². The van der Waals surface area contributed by atoms with E-state index in [-0.39, 0.29) is 0 Å². The molecule has 3 heteroatoms. The molecule has 0 atom stereocenters. The third-order valence-electron chi connectivity index (χ3n) is 2.32. The molecule has 1 aromatic carbocycles. The lowest BCUT2D eigenvalue weighted by Gasteiger charge is -2.13. The topological polar surface area (TPSA) is 40.5 Å². The zero-order chi connectivity index (χ0) is 10.0. The van der Waals surface area contributed by atoms with Gasteiger partial charge in [0, 0.05) is 0 Å². The van der Waals surface area contributed by atoms with Gasteiger partial charge in [-0.05, 0) is 29.4 Å². The second-order valence-electron chi connectivity index (χ2n) is 3.59. The zero-order valence-electron chi connectivity index (χ0n) is 8.28. The van der Waals surface area contributed by atoms with Crippen LogP contribution in [-0.4, -0.2) is 17.2 Å². The quantitative estimate of drug-likeness (QED) is 0.657. The molecule has 13 heavy (non-hydrogen) atoms. The van der Waals surface area contributed by atoms with E-state index in [4.69, 9.17) is 10.0 Å². The summed E-state index contributed by atoms with van der Waals surface area (Å²) in [7, 11) is -1.36. The summed E-state index contributed by atoms with van der Waals surface area (Å²) < 4.78 is 0. The molecule has 2 nitrogen and oxygen atoms in total. The Kier molecular flexibility index (Phi) is 3.12. The van der Waals surface area contributed by atoms with Gasteiger partial charge in [0.25, 0.3) is 0 Å². The Morgan fingerprint density at radius 3 is 2.31 bits per heavy atom. The van der Waals surface area contributed by atoms with Gasteiger partial charge in [0.05, 0.1) is 0 Å². The summed E-state index contributed by atoms with van der Waals surface area (Å²) in [5, 5.41) is 18.1. The summed E-state index contributed by atoms with van der Waals surface area (Å²) in [5.41, 5.74) is 2.75. The lowest BCUT2D eigenvalue weighted by atomic mass is 9.75. The molecule has 0 radical (unpaired) electrons. The Hall–Kier alpha value is -0.795. The Labute approximate surface area is 79.4 Å². The number of rotatable bonds is 2. The number of hydrogen-bond donors (Lipinski definition) is 2. The number of hydrogen-bond acceptors (Lipinski definition) is 2. The van der Waals surface area contributed by atoms with Crippen LogP contribution in [0.2, 0.25) is 0 Å². The SMILES string of the molecule is Cc1c(B(O)O)cccc1C(C)C. The van der Waals surface area contributed by atoms with E-state index >= 15 is 0 Å². The van der Waals surface area contributed by atoms with Crippen molar-refractivity contribution in [3.05, 3.63) is 29.3 Å². The normalized spacial score (nSPS) is 10.6. The Morgan fingerprint density at radius 2 is 1.85 bits per heavy atom. The predicted molar refractivity (Wildman–Crippen MR) is 55.1 cm³/mol. The van der Waals surface area contributed by atoms with Crippen molar-refractivity contribution < 1.29 is 10.0 Å². The van der Waals surface area contributed by atoms with Crippen molar-refractivity contribution in [2.24, 2.45) is 0 Å². The molecule has 70 valence electrons. The van der Waals surface area contributed by atoms with E-state index in [1.807, 2.05) is 19.1 Å². The largest absolute Gasteiger partial charge is 0.488 e. The van der Waals surface area contributed by atoms with Crippen molar-refractivity contribution in [1.29, 1.82) is 0 Å². The summed E-state index contributed by atoms with van der Waals surface area (Å²) in [6.07, 6.45) is 0. The smallest absolute Gasteiger partial charge is 0.423 e. The van der Waals surface area contributed by atoms with E-state index in [9.17, 15) is 0 Å². The fourth-order valence-electron chi connectivity index (χ4n) is 1.58. The first-order chi connectivity index (χ1) is 6.04. The minimum Gasteiger partial charge on any atom is -0.423 e. The molecule has 0 aliphatic carbocycles. The molecule has 0 saturated carbocycles. The molecular formula is C10H15BO2. The van der Waals surface area contributed by atoms with Crippen LogP contribution in [0.1, 0.15) is 30.9 Å². The maximum absolute atomic E-state index is 9.07. The van der Waals surface area contributed by atoms with Crippen LogP contribution in [-0.2, 0) is 0 Å². The molecule has 0 saturated heterocycles. The summed E-state index contributed by atoms with van der Waals surface area (Å²) in [5.74, 6) is 0.415. The van der Waals surface area contributed by atoms with Gasteiger partial charge in [0.1, 0.15) is 0 Å². The van der Waals surface area contributed by atoms with Crippen LogP contribution in [0.25, 0.3) is 0 Å². The highest BCUT2D eigenvalue weighted by molar-refractivity contribution is 6.59. The second kappa shape index (κ2) is 3.94. The monoisotopic (exact) mass is 178 g/mol. The first-order valence-electron chi connectivity index (χ1n) is 4.49. The lowest BCUT2D eigenvalue weighted by Crippen LogP contribution is -2.32. The van der Waals surface area contributed by atoms with E-state index in [0.29, 0.717) is 11.4 Å². The van der Waals surface area contributed by atoms with E-state index in [2.05, 4.69) is 13.8 Å². The molecule has 0 spiro atoms. The standard InChI is InChI=1S/C10H15BO2/c1-7(2)9-5-4-6-10(8(9)3)11(12)13/h4-7,12-13H,1-3H3. The highest BCUT2D eigenvalue weighted by Crippen LogP contribution is 2.16. The van der Waals surface area contributed by atoms with Crippen molar-refractivity contribution >= 4 is 12.6 Å². The van der Waals surface area contributed by atoms with Crippen LogP contribution >= 0.6 is 0 Å². The van der Waals surface area contributed by atoms with E-state index in [1.54, 1.807) is 6.07 Å². The highest BCUT2D eigenvalue weighted by Gasteiger charge is 2.16. The van der Waals surface area contributed by atoms with Crippen LogP contribution < -0.4 is 5.46 Å². The van der Waals surface area contributed by atoms with Gasteiger partial charge in [0.15, 0.2) is 0 Å². The van der Waals surface area contributed by atoms with Crippen LogP contribution in [0.3, 0.4) is 0 Å². The van der Waals surface area contributed by atoms with Gasteiger partial charge in [-0.15, -0.1) is 0 Å². The first kappa shape index (κ1) is 10.3. The minimum atomic E-state index is -1.36. The van der Waals surface area contributed by atoms with Crippen molar-refractivity contribution in [3.8, 4) is 0 Å². The summed E-state index contributed by atoms with van der Waals surface area (Å²) in [4.78, 5) is 0. The second-order valence-corrected chi connectivity index (χ2v) is 3.59. The predicted octanol–water partition coefficient (Wildman–Crippen LogP) is 0.798. The van der Waals surface area contributed by atoms with Gasteiger partial charge in [-0.3, -0.25) is 0 Å². The number of benzene rings is 1. The third kappa shape index (κ3) is 2.11. The molecule has 2 N–H and O–H groups in total. The van der Waals surface area contributed by atoms with E-state index in [1.165, 1.54) is 5.56 Å². The summed E-state index contributed by atoms with van der Waals surface area (Å²) in [6.45, 7) is 6.11. The van der Waals surface area contributed by atoms with Gasteiger partial charge in [-0.25, -0.2) is 0 Å². The molecular weight excluding hydrogens is 163 g/mol. The van der Waals surface area contributed by atoms with Crippen LogP contribution in [0.5, 0.6) is 0 Å². The fraction of sp³-hybridized carbons (Fsp3) is 0.400. The van der Waals surface area contributed by atoms with Crippen LogP contribution in [0.4, 0.5) is 0 Å². The minimum absolute atomic E-state index is 0.415. The molecule has 0 bridgehead atoms. The average Bonchev–Trinajstić information content (AvgIpc) is 2.03. The Morgan fingerprint density at radius 1 is 1.23 bits per heavy atom. The fourth-order valence-corrected chi connectivity index (χ4v) is 1.58. The molecule has 1 aromatic rings. The average molecular weight is 178 g/mol. The zero-order valence-corrected chi connectivity index (χ0v) is 8.28. The van der Waals surface area contributed by atoms with Crippen LogP contribution in [0, 0.1) is 6.92 Å². The molecule has 0 aliphatic heterocycles.